The van der Waals surface area contributed by atoms with E-state index in [1.165, 1.54) is 37.1 Å². The standard InChI is InChI=1S/C16H28N4O2Si/c1-13(17-19-15-9-5-6-10-15)21-23(3,4)22-14(2)18-20-16-11-7-8-12-16/h5-12H2,1-4H3/b17-13+,18-14+. The van der Waals surface area contributed by atoms with Gasteiger partial charge in [-0.25, -0.2) is 0 Å². The Kier molecular flexibility index (Phi) is 6.50. The van der Waals surface area contributed by atoms with Crippen LogP contribution in [0.5, 0.6) is 0 Å². The lowest BCUT2D eigenvalue weighted by Crippen LogP contribution is -2.38. The van der Waals surface area contributed by atoms with E-state index in [0.29, 0.717) is 11.8 Å². The van der Waals surface area contributed by atoms with Crippen LogP contribution in [-0.2, 0) is 8.85 Å². The van der Waals surface area contributed by atoms with Crippen molar-refractivity contribution in [2.45, 2.75) is 78.3 Å². The molecule has 0 bridgehead atoms. The molecular formula is C16H28N4O2Si. The molecule has 0 N–H and O–H groups in total. The highest BCUT2D eigenvalue weighted by Gasteiger charge is 2.30. The molecule has 0 amide bonds. The van der Waals surface area contributed by atoms with E-state index in [9.17, 15) is 0 Å². The second kappa shape index (κ2) is 8.38. The fourth-order valence-electron chi connectivity index (χ4n) is 2.82. The topological polar surface area (TPSA) is 67.9 Å². The van der Waals surface area contributed by atoms with Gasteiger partial charge < -0.3 is 8.85 Å². The van der Waals surface area contributed by atoms with Crippen molar-refractivity contribution in [1.29, 1.82) is 0 Å². The van der Waals surface area contributed by atoms with E-state index in [0.717, 1.165) is 25.7 Å². The first-order valence-electron chi connectivity index (χ1n) is 8.53. The van der Waals surface area contributed by atoms with E-state index in [1.807, 2.05) is 26.9 Å². The first-order chi connectivity index (χ1) is 10.9. The van der Waals surface area contributed by atoms with Crippen LogP contribution < -0.4 is 0 Å². The third kappa shape index (κ3) is 6.64. The van der Waals surface area contributed by atoms with E-state index in [4.69, 9.17) is 8.85 Å². The first kappa shape index (κ1) is 17.8. The maximum Gasteiger partial charge on any atom is 0.455 e. The molecule has 0 spiro atoms. The van der Waals surface area contributed by atoms with Gasteiger partial charge in [0.05, 0.1) is 0 Å². The average Bonchev–Trinajstić information content (AvgIpc) is 3.15. The number of rotatable bonds is 4. The molecule has 0 aromatic heterocycles. The van der Waals surface area contributed by atoms with Crippen molar-refractivity contribution in [3.8, 4) is 0 Å². The smallest absolute Gasteiger partial charge is 0.455 e. The molecule has 0 heterocycles. The molecule has 6 nitrogen and oxygen atoms in total. The van der Waals surface area contributed by atoms with E-state index in [1.54, 1.807) is 0 Å². The van der Waals surface area contributed by atoms with Crippen LogP contribution in [-0.4, -0.2) is 31.8 Å². The summed E-state index contributed by atoms with van der Waals surface area (Å²) in [6, 6.07) is 0. The summed E-state index contributed by atoms with van der Waals surface area (Å²) in [7, 11) is -2.38. The Morgan fingerprint density at radius 1 is 0.739 bits per heavy atom. The fourth-order valence-corrected chi connectivity index (χ4v) is 4.37. The highest BCUT2D eigenvalue weighted by molar-refractivity contribution is 6.67. The average molecular weight is 337 g/mol. The molecule has 2 fully saturated rings. The minimum Gasteiger partial charge on any atom is -0.500 e. The first-order valence-corrected chi connectivity index (χ1v) is 11.3. The summed E-state index contributed by atoms with van der Waals surface area (Å²) in [6.45, 7) is 7.58. The Balaban J connectivity index is 1.87. The molecule has 7 heteroatoms. The van der Waals surface area contributed by atoms with Crippen LogP contribution in [0.2, 0.25) is 13.1 Å². The highest BCUT2D eigenvalue weighted by atomic mass is 28.4. The molecule has 2 rings (SSSR count). The van der Waals surface area contributed by atoms with Crippen molar-refractivity contribution >= 4 is 31.8 Å². The van der Waals surface area contributed by atoms with Gasteiger partial charge in [0.25, 0.3) is 0 Å². The Morgan fingerprint density at radius 3 is 1.43 bits per heavy atom. The monoisotopic (exact) mass is 336 g/mol. The lowest BCUT2D eigenvalue weighted by atomic mass is 10.3. The second-order valence-corrected chi connectivity index (χ2v) is 9.80. The minimum absolute atomic E-state index is 0.552. The number of hydrogen-bond acceptors (Lipinski definition) is 6. The van der Waals surface area contributed by atoms with Gasteiger partial charge in [-0.2, -0.15) is 10.2 Å². The highest BCUT2D eigenvalue weighted by Crippen LogP contribution is 2.16. The van der Waals surface area contributed by atoms with Crippen molar-refractivity contribution in [2.24, 2.45) is 20.4 Å². The predicted molar refractivity (Wildman–Crippen MR) is 97.7 cm³/mol. The Morgan fingerprint density at radius 2 is 1.09 bits per heavy atom. The summed E-state index contributed by atoms with van der Waals surface area (Å²) < 4.78 is 11.7. The van der Waals surface area contributed by atoms with Gasteiger partial charge in [-0.05, 0) is 51.4 Å². The zero-order valence-corrected chi connectivity index (χ0v) is 15.8. The van der Waals surface area contributed by atoms with Crippen molar-refractivity contribution in [2.75, 3.05) is 0 Å². The van der Waals surface area contributed by atoms with Gasteiger partial charge in [0.2, 0.25) is 0 Å². The molecule has 0 aliphatic heterocycles. The third-order valence-corrected chi connectivity index (χ3v) is 5.39. The second-order valence-electron chi connectivity index (χ2n) is 6.59. The van der Waals surface area contributed by atoms with E-state index in [-0.39, 0.29) is 0 Å². The van der Waals surface area contributed by atoms with E-state index < -0.39 is 8.56 Å². The maximum atomic E-state index is 5.87. The SMILES string of the molecule is C/C(=N\N=C1CCCC1)O[Si](C)(C)O/C(C)=N/N=C1CCCC1. The van der Waals surface area contributed by atoms with E-state index >= 15 is 0 Å². The quantitative estimate of drug-likeness (QED) is 0.330. The van der Waals surface area contributed by atoms with Crippen LogP contribution in [0.3, 0.4) is 0 Å². The van der Waals surface area contributed by atoms with Crippen LogP contribution in [0, 0.1) is 0 Å². The summed E-state index contributed by atoms with van der Waals surface area (Å²) in [5.74, 6) is 1.10. The van der Waals surface area contributed by atoms with Crippen molar-refractivity contribution in [1.82, 2.24) is 0 Å². The lowest BCUT2D eigenvalue weighted by Gasteiger charge is -2.23. The van der Waals surface area contributed by atoms with Gasteiger partial charge >= 0.3 is 8.56 Å². The van der Waals surface area contributed by atoms with Crippen LogP contribution in [0.1, 0.15) is 65.2 Å². The molecule has 2 aliphatic rings. The Labute approximate surface area is 140 Å². The van der Waals surface area contributed by atoms with E-state index in [2.05, 4.69) is 20.4 Å². The van der Waals surface area contributed by atoms with Crippen LogP contribution in [0.25, 0.3) is 0 Å². The zero-order chi connectivity index (χ0) is 16.7. The van der Waals surface area contributed by atoms with Crippen LogP contribution in [0.15, 0.2) is 20.4 Å². The van der Waals surface area contributed by atoms with Gasteiger partial charge in [-0.3, -0.25) is 0 Å². The molecule has 23 heavy (non-hydrogen) atoms. The molecule has 0 atom stereocenters. The molecular weight excluding hydrogens is 308 g/mol. The van der Waals surface area contributed by atoms with Gasteiger partial charge in [0, 0.05) is 38.4 Å². The summed E-state index contributed by atoms with van der Waals surface area (Å²) in [5, 5.41) is 16.9. The molecule has 2 aliphatic carbocycles. The molecule has 0 saturated heterocycles. The minimum atomic E-state index is -2.38. The summed E-state index contributed by atoms with van der Waals surface area (Å²) >= 11 is 0. The molecule has 0 aromatic rings. The lowest BCUT2D eigenvalue weighted by molar-refractivity contribution is 0.382. The molecule has 128 valence electrons. The third-order valence-electron chi connectivity index (χ3n) is 3.81. The number of nitrogens with zero attached hydrogens (tertiary/aromatic N) is 4. The zero-order valence-electron chi connectivity index (χ0n) is 14.8. The Bertz CT molecular complexity index is 476. The largest absolute Gasteiger partial charge is 0.500 e. The van der Waals surface area contributed by atoms with Gasteiger partial charge in [-0.1, -0.05) is 0 Å². The predicted octanol–water partition coefficient (Wildman–Crippen LogP) is 4.42. The fraction of sp³-hybridized carbons (Fsp3) is 0.750. The normalized spacial score (nSPS) is 20.0. The molecule has 0 radical (unpaired) electrons. The molecule has 0 aromatic carbocycles. The van der Waals surface area contributed by atoms with Crippen molar-refractivity contribution in [3.05, 3.63) is 0 Å². The van der Waals surface area contributed by atoms with Gasteiger partial charge in [0.1, 0.15) is 0 Å². The van der Waals surface area contributed by atoms with Gasteiger partial charge in [-0.15, -0.1) is 10.2 Å². The summed E-state index contributed by atoms with van der Waals surface area (Å²) in [5.41, 5.74) is 2.33. The van der Waals surface area contributed by atoms with Crippen LogP contribution >= 0.6 is 0 Å². The molecule has 2 saturated carbocycles. The number of hydrogen-bond donors (Lipinski definition) is 0. The van der Waals surface area contributed by atoms with Crippen molar-refractivity contribution < 1.29 is 8.85 Å². The summed E-state index contributed by atoms with van der Waals surface area (Å²) in [6.07, 6.45) is 9.10. The molecule has 0 unspecified atom stereocenters. The van der Waals surface area contributed by atoms with Gasteiger partial charge in [0.15, 0.2) is 11.8 Å². The summed E-state index contributed by atoms with van der Waals surface area (Å²) in [4.78, 5) is 0. The Hall–Kier alpha value is -1.50. The van der Waals surface area contributed by atoms with Crippen LogP contribution in [0.4, 0.5) is 0 Å². The van der Waals surface area contributed by atoms with Crippen molar-refractivity contribution in [3.63, 3.8) is 0 Å². The maximum absolute atomic E-state index is 5.87.